The molecule has 0 spiro atoms. The molecule has 2 bridgehead atoms. The second-order valence-corrected chi connectivity index (χ2v) is 7.02. The number of ether oxygens (including phenoxy) is 1. The lowest BCUT2D eigenvalue weighted by Crippen LogP contribution is -2.44. The molecule has 0 radical (unpaired) electrons. The third-order valence-corrected chi connectivity index (χ3v) is 5.83. The van der Waals surface area contributed by atoms with Gasteiger partial charge in [0.05, 0.1) is 7.11 Å². The lowest BCUT2D eigenvalue weighted by Gasteiger charge is -2.32. The van der Waals surface area contributed by atoms with Gasteiger partial charge in [0.25, 0.3) is 0 Å². The van der Waals surface area contributed by atoms with Crippen LogP contribution in [0.15, 0.2) is 18.2 Å². The molecule has 2 heteroatoms. The number of methoxy groups -OCH3 is 1. The lowest BCUT2D eigenvalue weighted by atomic mass is 9.86. The maximum Gasteiger partial charge on any atom is 0.119 e. The van der Waals surface area contributed by atoms with Crippen LogP contribution in [0.1, 0.15) is 43.2 Å². The fraction of sp³-hybridized carbons (Fsp3) is 0.667. The Kier molecular flexibility index (Phi) is 3.22. The number of benzene rings is 1. The van der Waals surface area contributed by atoms with Crippen LogP contribution in [0.2, 0.25) is 0 Å². The van der Waals surface area contributed by atoms with Crippen molar-refractivity contribution in [1.29, 1.82) is 0 Å². The predicted octanol–water partition coefficient (Wildman–Crippen LogP) is 3.33. The summed E-state index contributed by atoms with van der Waals surface area (Å²) < 4.78 is 5.37. The molecule has 3 aliphatic rings. The first-order chi connectivity index (χ1) is 9.81. The fourth-order valence-corrected chi connectivity index (χ4v) is 4.75. The van der Waals surface area contributed by atoms with Crippen molar-refractivity contribution < 1.29 is 4.74 Å². The van der Waals surface area contributed by atoms with E-state index in [1.165, 1.54) is 56.1 Å². The van der Waals surface area contributed by atoms with Gasteiger partial charge < -0.3 is 10.1 Å². The van der Waals surface area contributed by atoms with Crippen LogP contribution in [-0.2, 0) is 12.8 Å². The highest BCUT2D eigenvalue weighted by atomic mass is 16.5. The second kappa shape index (κ2) is 5.07. The summed E-state index contributed by atoms with van der Waals surface area (Å²) in [5.41, 5.74) is 3.02. The monoisotopic (exact) mass is 271 g/mol. The van der Waals surface area contributed by atoms with Crippen LogP contribution in [0, 0.1) is 11.8 Å². The van der Waals surface area contributed by atoms with E-state index in [2.05, 4.69) is 23.5 Å². The summed E-state index contributed by atoms with van der Waals surface area (Å²) in [4.78, 5) is 0. The van der Waals surface area contributed by atoms with Crippen molar-refractivity contribution in [2.45, 2.75) is 57.0 Å². The van der Waals surface area contributed by atoms with Crippen LogP contribution in [0.4, 0.5) is 0 Å². The van der Waals surface area contributed by atoms with Crippen LogP contribution in [0.3, 0.4) is 0 Å². The molecule has 2 nitrogen and oxygen atoms in total. The van der Waals surface area contributed by atoms with Gasteiger partial charge in [-0.05, 0) is 73.6 Å². The molecular formula is C18H25NO. The first-order valence-corrected chi connectivity index (χ1v) is 8.23. The van der Waals surface area contributed by atoms with Gasteiger partial charge in [0.1, 0.15) is 5.75 Å². The van der Waals surface area contributed by atoms with Gasteiger partial charge in [-0.3, -0.25) is 0 Å². The van der Waals surface area contributed by atoms with Crippen LogP contribution >= 0.6 is 0 Å². The van der Waals surface area contributed by atoms with Gasteiger partial charge in [0, 0.05) is 12.1 Å². The van der Waals surface area contributed by atoms with E-state index >= 15 is 0 Å². The van der Waals surface area contributed by atoms with Crippen molar-refractivity contribution in [3.63, 3.8) is 0 Å². The number of rotatable bonds is 3. The Labute approximate surface area is 121 Å². The summed E-state index contributed by atoms with van der Waals surface area (Å²) in [7, 11) is 1.76. The average molecular weight is 271 g/mol. The maximum absolute atomic E-state index is 5.37. The summed E-state index contributed by atoms with van der Waals surface area (Å²) in [6.45, 7) is 0. The highest BCUT2D eigenvalue weighted by Crippen LogP contribution is 2.44. The number of nitrogens with one attached hydrogen (secondary N) is 1. The third-order valence-electron chi connectivity index (χ3n) is 5.83. The molecule has 1 aromatic carbocycles. The van der Waals surface area contributed by atoms with Gasteiger partial charge >= 0.3 is 0 Å². The Hall–Kier alpha value is -1.02. The van der Waals surface area contributed by atoms with E-state index in [0.717, 1.165) is 23.6 Å². The van der Waals surface area contributed by atoms with Gasteiger partial charge in [0.2, 0.25) is 0 Å². The summed E-state index contributed by atoms with van der Waals surface area (Å²) in [5.74, 6) is 3.02. The topological polar surface area (TPSA) is 21.3 Å². The third kappa shape index (κ3) is 2.24. The van der Waals surface area contributed by atoms with Crippen molar-refractivity contribution >= 4 is 0 Å². The van der Waals surface area contributed by atoms with Gasteiger partial charge in [-0.15, -0.1) is 0 Å². The van der Waals surface area contributed by atoms with E-state index in [1.54, 1.807) is 7.11 Å². The zero-order valence-corrected chi connectivity index (χ0v) is 12.4. The number of hydrogen-bond acceptors (Lipinski definition) is 2. The van der Waals surface area contributed by atoms with Crippen LogP contribution in [-0.4, -0.2) is 19.2 Å². The molecule has 1 aromatic rings. The summed E-state index contributed by atoms with van der Waals surface area (Å²) in [6.07, 6.45) is 9.60. The molecule has 4 atom stereocenters. The molecule has 0 amide bonds. The van der Waals surface area contributed by atoms with Crippen molar-refractivity contribution in [1.82, 2.24) is 5.32 Å². The van der Waals surface area contributed by atoms with Gasteiger partial charge in [0.15, 0.2) is 0 Å². The average Bonchev–Trinajstić information content (AvgIpc) is 3.09. The van der Waals surface area contributed by atoms with Crippen molar-refractivity contribution in [2.24, 2.45) is 11.8 Å². The first kappa shape index (κ1) is 12.7. The second-order valence-electron chi connectivity index (χ2n) is 7.02. The molecule has 3 aliphatic carbocycles. The zero-order chi connectivity index (χ0) is 13.5. The molecule has 108 valence electrons. The van der Waals surface area contributed by atoms with Gasteiger partial charge in [-0.2, -0.15) is 0 Å². The molecule has 20 heavy (non-hydrogen) atoms. The van der Waals surface area contributed by atoms with Crippen molar-refractivity contribution in [3.05, 3.63) is 29.3 Å². The summed E-state index contributed by atoms with van der Waals surface area (Å²) >= 11 is 0. The number of hydrogen-bond donors (Lipinski definition) is 1. The minimum absolute atomic E-state index is 0.680. The Bertz CT molecular complexity index is 498. The van der Waals surface area contributed by atoms with E-state index in [1.807, 2.05) is 0 Å². The molecular weight excluding hydrogens is 246 g/mol. The van der Waals surface area contributed by atoms with Crippen molar-refractivity contribution in [3.8, 4) is 5.75 Å². The minimum atomic E-state index is 0.680. The zero-order valence-electron chi connectivity index (χ0n) is 12.4. The van der Waals surface area contributed by atoms with Crippen LogP contribution in [0.5, 0.6) is 5.75 Å². The highest BCUT2D eigenvalue weighted by molar-refractivity contribution is 5.37. The molecule has 4 rings (SSSR count). The van der Waals surface area contributed by atoms with Gasteiger partial charge in [-0.1, -0.05) is 12.5 Å². The smallest absolute Gasteiger partial charge is 0.119 e. The summed E-state index contributed by atoms with van der Waals surface area (Å²) in [5, 5.41) is 3.99. The minimum Gasteiger partial charge on any atom is -0.497 e. The lowest BCUT2D eigenvalue weighted by molar-refractivity contribution is 0.303. The Morgan fingerprint density at radius 2 is 2.05 bits per heavy atom. The van der Waals surface area contributed by atoms with Crippen molar-refractivity contribution in [2.75, 3.05) is 7.11 Å². The van der Waals surface area contributed by atoms with Crippen LogP contribution < -0.4 is 10.1 Å². The van der Waals surface area contributed by atoms with Crippen LogP contribution in [0.25, 0.3) is 0 Å². The SMILES string of the molecule is COc1ccc2c(c1)CC(NC1CC3CCC1C3)CC2. The molecule has 4 unspecified atom stereocenters. The number of aryl methyl sites for hydroxylation is 1. The van der Waals surface area contributed by atoms with Gasteiger partial charge in [-0.25, -0.2) is 0 Å². The molecule has 0 aromatic heterocycles. The number of fused-ring (bicyclic) bond motifs is 3. The first-order valence-electron chi connectivity index (χ1n) is 8.23. The van der Waals surface area contributed by atoms with E-state index in [-0.39, 0.29) is 0 Å². The molecule has 0 saturated heterocycles. The van der Waals surface area contributed by atoms with E-state index < -0.39 is 0 Å². The summed E-state index contributed by atoms with van der Waals surface area (Å²) in [6, 6.07) is 8.08. The fourth-order valence-electron chi connectivity index (χ4n) is 4.75. The molecule has 2 fully saturated rings. The molecule has 2 saturated carbocycles. The predicted molar refractivity (Wildman–Crippen MR) is 81.2 cm³/mol. The Morgan fingerprint density at radius 1 is 1.10 bits per heavy atom. The largest absolute Gasteiger partial charge is 0.497 e. The Balaban J connectivity index is 1.44. The standard InChI is InChI=1S/C18H25NO/c1-20-17-7-5-13-4-6-16(10-15(13)11-17)19-18-9-12-2-3-14(18)8-12/h5,7,11-12,14,16,18-19H,2-4,6,8-10H2,1H3. The molecule has 1 N–H and O–H groups in total. The molecule has 0 aliphatic heterocycles. The van der Waals surface area contributed by atoms with E-state index in [4.69, 9.17) is 4.74 Å². The maximum atomic E-state index is 5.37. The Morgan fingerprint density at radius 3 is 2.80 bits per heavy atom. The normalized spacial score (nSPS) is 35.0. The van der Waals surface area contributed by atoms with E-state index in [0.29, 0.717) is 6.04 Å². The molecule has 0 heterocycles. The quantitative estimate of drug-likeness (QED) is 0.910. The van der Waals surface area contributed by atoms with E-state index in [9.17, 15) is 0 Å². The highest BCUT2D eigenvalue weighted by Gasteiger charge is 2.40.